The minimum absolute atomic E-state index is 0.0374. The molecule has 1 saturated heterocycles. The summed E-state index contributed by atoms with van der Waals surface area (Å²) in [6.07, 6.45) is 1.56. The van der Waals surface area contributed by atoms with Crippen molar-refractivity contribution in [2.45, 2.75) is 25.3 Å². The molecule has 0 saturated carbocycles. The fourth-order valence-electron chi connectivity index (χ4n) is 5.09. The van der Waals surface area contributed by atoms with Crippen molar-refractivity contribution < 1.29 is 23.8 Å². The predicted octanol–water partition coefficient (Wildman–Crippen LogP) is 2.80. The molecule has 1 fully saturated rings. The van der Waals surface area contributed by atoms with Gasteiger partial charge in [-0.05, 0) is 48.2 Å². The number of carbonyl (C=O) groups is 2. The smallest absolute Gasteiger partial charge is 0.252 e. The molecular weight excluding hydrogens is 434 g/mol. The maximum Gasteiger partial charge on any atom is 0.252 e. The van der Waals surface area contributed by atoms with Crippen LogP contribution in [-0.4, -0.2) is 68.0 Å². The van der Waals surface area contributed by atoms with Crippen molar-refractivity contribution >= 4 is 17.5 Å². The molecule has 3 aliphatic rings. The lowest BCUT2D eigenvalue weighted by Crippen LogP contribution is -2.43. The molecule has 2 aromatic rings. The van der Waals surface area contributed by atoms with Gasteiger partial charge in [0.25, 0.3) is 5.91 Å². The summed E-state index contributed by atoms with van der Waals surface area (Å²) in [5.41, 5.74) is 4.07. The molecule has 1 aliphatic carbocycles. The summed E-state index contributed by atoms with van der Waals surface area (Å²) < 4.78 is 16.1. The van der Waals surface area contributed by atoms with Crippen molar-refractivity contribution in [3.05, 3.63) is 59.2 Å². The van der Waals surface area contributed by atoms with Crippen LogP contribution < -0.4 is 9.47 Å². The number of morpholine rings is 1. The summed E-state index contributed by atoms with van der Waals surface area (Å²) in [5.74, 6) is 1.08. The Morgan fingerprint density at radius 2 is 1.71 bits per heavy atom. The molecule has 178 valence electrons. The number of hydrazone groups is 1. The molecule has 0 radical (unpaired) electrons. The molecule has 34 heavy (non-hydrogen) atoms. The highest BCUT2D eigenvalue weighted by atomic mass is 16.5. The second kappa shape index (κ2) is 9.46. The minimum Gasteiger partial charge on any atom is -0.497 e. The molecule has 8 heteroatoms. The number of ether oxygens (including phenoxy) is 3. The van der Waals surface area contributed by atoms with E-state index in [1.54, 1.807) is 19.1 Å². The van der Waals surface area contributed by atoms with Crippen LogP contribution in [0.4, 0.5) is 0 Å². The zero-order valence-electron chi connectivity index (χ0n) is 19.5. The Balaban J connectivity index is 1.48. The van der Waals surface area contributed by atoms with Crippen molar-refractivity contribution in [1.29, 1.82) is 0 Å². The monoisotopic (exact) mass is 463 g/mol. The molecule has 0 unspecified atom stereocenters. The number of nitrogens with zero attached hydrogens (tertiary/aromatic N) is 3. The summed E-state index contributed by atoms with van der Waals surface area (Å²) in [4.78, 5) is 28.0. The highest BCUT2D eigenvalue weighted by molar-refractivity contribution is 6.08. The van der Waals surface area contributed by atoms with E-state index in [0.717, 1.165) is 41.2 Å². The number of methoxy groups -OCH3 is 2. The topological polar surface area (TPSA) is 80.7 Å². The number of hydrogen-bond donors (Lipinski definition) is 0. The predicted molar refractivity (Wildman–Crippen MR) is 126 cm³/mol. The fourth-order valence-corrected chi connectivity index (χ4v) is 5.09. The Bertz CT molecular complexity index is 1110. The number of rotatable bonds is 5. The number of fused-ring (bicyclic) bond motifs is 3. The van der Waals surface area contributed by atoms with Gasteiger partial charge >= 0.3 is 0 Å². The summed E-state index contributed by atoms with van der Waals surface area (Å²) in [6, 6.07) is 13.5. The lowest BCUT2D eigenvalue weighted by Gasteiger charge is -2.31. The molecule has 2 atom stereocenters. The first-order valence-electron chi connectivity index (χ1n) is 11.7. The van der Waals surface area contributed by atoms with Gasteiger partial charge in [0.15, 0.2) is 0 Å². The van der Waals surface area contributed by atoms with Crippen LogP contribution in [0.25, 0.3) is 0 Å². The van der Waals surface area contributed by atoms with Crippen molar-refractivity contribution in [3.8, 4) is 11.5 Å². The average Bonchev–Trinajstić information content (AvgIpc) is 3.29. The van der Waals surface area contributed by atoms with Gasteiger partial charge in [0, 0.05) is 24.6 Å². The Hall–Kier alpha value is -3.39. The molecule has 2 amide bonds. The van der Waals surface area contributed by atoms with E-state index in [9.17, 15) is 9.59 Å². The van der Waals surface area contributed by atoms with E-state index in [4.69, 9.17) is 19.3 Å². The van der Waals surface area contributed by atoms with Gasteiger partial charge in [-0.3, -0.25) is 9.59 Å². The van der Waals surface area contributed by atoms with Crippen LogP contribution in [0, 0.1) is 5.92 Å². The van der Waals surface area contributed by atoms with Gasteiger partial charge in [-0.1, -0.05) is 18.2 Å². The first-order chi connectivity index (χ1) is 16.6. The third-order valence-corrected chi connectivity index (χ3v) is 6.91. The normalized spacial score (nSPS) is 21.4. The summed E-state index contributed by atoms with van der Waals surface area (Å²) in [5, 5.41) is 6.38. The highest BCUT2D eigenvalue weighted by Gasteiger charge is 2.44. The minimum atomic E-state index is -0.288. The molecule has 0 N–H and O–H groups in total. The zero-order chi connectivity index (χ0) is 23.7. The Labute approximate surface area is 199 Å². The van der Waals surface area contributed by atoms with E-state index < -0.39 is 0 Å². The Morgan fingerprint density at radius 3 is 2.41 bits per heavy atom. The van der Waals surface area contributed by atoms with Crippen LogP contribution in [-0.2, 0) is 20.7 Å². The summed E-state index contributed by atoms with van der Waals surface area (Å²) in [7, 11) is 3.27. The number of carbonyl (C=O) groups excluding carboxylic acids is 2. The molecular formula is C26H29N3O5. The zero-order valence-corrected chi connectivity index (χ0v) is 19.5. The molecule has 2 aliphatic heterocycles. The van der Waals surface area contributed by atoms with Crippen LogP contribution in [0.3, 0.4) is 0 Å². The number of hydrogen-bond acceptors (Lipinski definition) is 6. The molecule has 0 aromatic heterocycles. The second-order valence-corrected chi connectivity index (χ2v) is 8.78. The molecule has 5 rings (SSSR count). The van der Waals surface area contributed by atoms with Gasteiger partial charge in [-0.25, -0.2) is 5.01 Å². The Morgan fingerprint density at radius 1 is 1.00 bits per heavy atom. The molecule has 0 spiro atoms. The van der Waals surface area contributed by atoms with Gasteiger partial charge in [-0.15, -0.1) is 0 Å². The van der Waals surface area contributed by atoms with Gasteiger partial charge in [-0.2, -0.15) is 5.10 Å². The quantitative estimate of drug-likeness (QED) is 0.637. The van der Waals surface area contributed by atoms with Crippen molar-refractivity contribution in [3.63, 3.8) is 0 Å². The molecule has 0 bridgehead atoms. The highest BCUT2D eigenvalue weighted by Crippen LogP contribution is 2.44. The van der Waals surface area contributed by atoms with Crippen LogP contribution in [0.1, 0.15) is 35.6 Å². The Kier molecular flexibility index (Phi) is 6.24. The first-order valence-corrected chi connectivity index (χ1v) is 11.7. The summed E-state index contributed by atoms with van der Waals surface area (Å²) in [6.45, 7) is 2.03. The number of amides is 2. The fraction of sp³-hybridized carbons (Fsp3) is 0.423. The van der Waals surface area contributed by atoms with E-state index in [-0.39, 0.29) is 30.2 Å². The standard InChI is InChI=1S/C26H29N3O5/c1-32-19-7-4-18(5-8-19)26-21-10-6-17-3-9-20(33-2)15-22(17)25(21)27-29(26)24(31)16-23(30)28-11-13-34-14-12-28/h3-5,7-9,15,21,26H,6,10-14,16H2,1-2H3/t21-,26-/m1/s1. The van der Waals surface area contributed by atoms with E-state index in [0.29, 0.717) is 26.3 Å². The molecule has 2 heterocycles. The lowest BCUT2D eigenvalue weighted by atomic mass is 9.77. The van der Waals surface area contributed by atoms with Gasteiger partial charge in [0.1, 0.15) is 17.9 Å². The lowest BCUT2D eigenvalue weighted by molar-refractivity contribution is -0.144. The molecule has 8 nitrogen and oxygen atoms in total. The van der Waals surface area contributed by atoms with E-state index in [1.165, 1.54) is 10.6 Å². The largest absolute Gasteiger partial charge is 0.497 e. The third-order valence-electron chi connectivity index (χ3n) is 6.91. The van der Waals surface area contributed by atoms with Crippen molar-refractivity contribution in [2.24, 2.45) is 11.0 Å². The van der Waals surface area contributed by atoms with Crippen LogP contribution in [0.2, 0.25) is 0 Å². The first kappa shape index (κ1) is 22.4. The van der Waals surface area contributed by atoms with E-state index in [2.05, 4.69) is 6.07 Å². The maximum absolute atomic E-state index is 13.5. The number of aryl methyl sites for hydroxylation is 1. The van der Waals surface area contributed by atoms with Crippen molar-refractivity contribution in [2.75, 3.05) is 40.5 Å². The van der Waals surface area contributed by atoms with E-state index in [1.807, 2.05) is 36.4 Å². The SMILES string of the molecule is COc1ccc([C@@H]2[C@@H]3CCc4ccc(OC)cc4C3=NN2C(=O)CC(=O)N2CCOCC2)cc1. The van der Waals surface area contributed by atoms with Gasteiger partial charge < -0.3 is 19.1 Å². The number of benzene rings is 2. The van der Waals surface area contributed by atoms with Crippen LogP contribution >= 0.6 is 0 Å². The second-order valence-electron chi connectivity index (χ2n) is 8.78. The molecule has 2 aromatic carbocycles. The van der Waals surface area contributed by atoms with E-state index >= 15 is 0 Å². The van der Waals surface area contributed by atoms with Crippen molar-refractivity contribution in [1.82, 2.24) is 9.91 Å². The maximum atomic E-state index is 13.5. The average molecular weight is 464 g/mol. The third kappa shape index (κ3) is 4.14. The van der Waals surface area contributed by atoms with Crippen LogP contribution in [0.5, 0.6) is 11.5 Å². The van der Waals surface area contributed by atoms with Gasteiger partial charge in [0.2, 0.25) is 5.91 Å². The van der Waals surface area contributed by atoms with Crippen LogP contribution in [0.15, 0.2) is 47.6 Å². The van der Waals surface area contributed by atoms with Gasteiger partial charge in [0.05, 0.1) is 39.2 Å². The summed E-state index contributed by atoms with van der Waals surface area (Å²) >= 11 is 0.